The lowest BCUT2D eigenvalue weighted by Gasteiger charge is -2.35. The maximum absolute atomic E-state index is 13.7. The first-order chi connectivity index (χ1) is 13.7. The molecule has 1 fully saturated rings. The third kappa shape index (κ3) is 4.59. The fourth-order valence-electron chi connectivity index (χ4n) is 4.04. The van der Waals surface area contributed by atoms with Crippen LogP contribution < -0.4 is 10.2 Å². The van der Waals surface area contributed by atoms with E-state index in [9.17, 15) is 4.39 Å². The van der Waals surface area contributed by atoms with Crippen molar-refractivity contribution in [3.05, 3.63) is 65.2 Å². The summed E-state index contributed by atoms with van der Waals surface area (Å²) in [5.74, 6) is -0.113. The van der Waals surface area contributed by atoms with E-state index < -0.39 is 0 Å². The number of pyridine rings is 1. The summed E-state index contributed by atoms with van der Waals surface area (Å²) in [5.41, 5.74) is 4.05. The fraction of sp³-hybridized carbons (Fsp3) is 0.435. The van der Waals surface area contributed by atoms with Crippen molar-refractivity contribution < 1.29 is 4.39 Å². The van der Waals surface area contributed by atoms with E-state index >= 15 is 0 Å². The predicted molar refractivity (Wildman–Crippen MR) is 113 cm³/mol. The van der Waals surface area contributed by atoms with Gasteiger partial charge in [0.2, 0.25) is 0 Å². The summed E-state index contributed by atoms with van der Waals surface area (Å²) in [5, 5.41) is 3.60. The van der Waals surface area contributed by atoms with Crippen molar-refractivity contribution >= 4 is 11.8 Å². The minimum Gasteiger partial charge on any atom is -0.365 e. The largest absolute Gasteiger partial charge is 0.365 e. The molecular weight excluding hydrogens is 351 g/mol. The van der Waals surface area contributed by atoms with Crippen LogP contribution >= 0.6 is 0 Å². The van der Waals surface area contributed by atoms with E-state index in [1.165, 1.54) is 5.69 Å². The summed E-state index contributed by atoms with van der Waals surface area (Å²) in [6, 6.07) is 10.2. The quantitative estimate of drug-likeness (QED) is 0.830. The highest BCUT2D eigenvalue weighted by Crippen LogP contribution is 2.23. The van der Waals surface area contributed by atoms with Gasteiger partial charge in [0.25, 0.3) is 0 Å². The molecule has 0 spiro atoms. The first-order valence-electron chi connectivity index (χ1n) is 10.3. The van der Waals surface area contributed by atoms with Gasteiger partial charge in [0, 0.05) is 38.4 Å². The lowest BCUT2D eigenvalue weighted by Crippen LogP contribution is -2.45. The van der Waals surface area contributed by atoms with Crippen LogP contribution in [0.4, 0.5) is 10.1 Å². The second-order valence-electron chi connectivity index (χ2n) is 7.84. The zero-order valence-corrected chi connectivity index (χ0v) is 16.6. The number of hydrogen-bond acceptors (Lipinski definition) is 4. The van der Waals surface area contributed by atoms with Gasteiger partial charge in [0.05, 0.1) is 11.4 Å². The van der Waals surface area contributed by atoms with Crippen LogP contribution in [-0.2, 0) is 6.54 Å². The number of nitrogens with zero attached hydrogens (tertiary/aromatic N) is 3. The van der Waals surface area contributed by atoms with Crippen molar-refractivity contribution in [1.82, 2.24) is 15.2 Å². The Morgan fingerprint density at radius 2 is 2.04 bits per heavy atom. The molecule has 0 radical (unpaired) electrons. The number of hydrogen-bond donors (Lipinski definition) is 1. The van der Waals surface area contributed by atoms with Gasteiger partial charge in [-0.3, -0.25) is 4.98 Å². The van der Waals surface area contributed by atoms with E-state index in [0.29, 0.717) is 11.6 Å². The van der Waals surface area contributed by atoms with Gasteiger partial charge in [-0.15, -0.1) is 0 Å². The van der Waals surface area contributed by atoms with Gasteiger partial charge in [0.15, 0.2) is 0 Å². The third-order valence-corrected chi connectivity index (χ3v) is 5.86. The molecule has 2 aliphatic heterocycles. The Hall–Kier alpha value is -2.24. The van der Waals surface area contributed by atoms with Crippen LogP contribution in [0.2, 0.25) is 0 Å². The predicted octanol–water partition coefficient (Wildman–Crippen LogP) is 3.62. The van der Waals surface area contributed by atoms with E-state index in [0.717, 1.165) is 63.4 Å². The van der Waals surface area contributed by atoms with Gasteiger partial charge in [-0.1, -0.05) is 18.2 Å². The molecule has 4 nitrogen and oxygen atoms in total. The zero-order chi connectivity index (χ0) is 19.3. The molecule has 1 saturated heterocycles. The Kier molecular flexibility index (Phi) is 6.03. The smallest absolute Gasteiger partial charge is 0.126 e. The molecule has 3 heterocycles. The van der Waals surface area contributed by atoms with Crippen LogP contribution in [0.25, 0.3) is 6.08 Å². The van der Waals surface area contributed by atoms with Crippen molar-refractivity contribution in [2.75, 3.05) is 37.6 Å². The Morgan fingerprint density at radius 3 is 2.86 bits per heavy atom. The number of rotatable bonds is 6. The molecule has 1 aromatic heterocycles. The number of halogens is 1. The third-order valence-electron chi connectivity index (χ3n) is 5.86. The van der Waals surface area contributed by atoms with E-state index in [1.807, 2.05) is 24.4 Å². The highest BCUT2D eigenvalue weighted by Gasteiger charge is 2.20. The maximum atomic E-state index is 13.7. The Labute approximate surface area is 167 Å². The van der Waals surface area contributed by atoms with Crippen molar-refractivity contribution in [2.24, 2.45) is 0 Å². The van der Waals surface area contributed by atoms with E-state index in [2.05, 4.69) is 38.3 Å². The number of fused-ring (bicyclic) bond motifs is 1. The normalized spacial score (nSPS) is 17.7. The first-order valence-corrected chi connectivity index (χ1v) is 10.3. The molecule has 1 N–H and O–H groups in total. The maximum Gasteiger partial charge on any atom is 0.126 e. The van der Waals surface area contributed by atoms with Crippen molar-refractivity contribution in [3.8, 4) is 0 Å². The lowest BCUT2D eigenvalue weighted by atomic mass is 10.0. The number of aromatic nitrogens is 1. The van der Waals surface area contributed by atoms with Crippen molar-refractivity contribution in [2.45, 2.75) is 32.4 Å². The molecule has 0 aliphatic carbocycles. The number of nitrogens with one attached hydrogen (secondary N) is 1. The first kappa shape index (κ1) is 19.1. The Balaban J connectivity index is 1.20. The van der Waals surface area contributed by atoms with Crippen LogP contribution in [0.5, 0.6) is 0 Å². The average Bonchev–Trinajstić information content (AvgIpc) is 2.74. The van der Waals surface area contributed by atoms with Crippen LogP contribution in [0, 0.1) is 12.7 Å². The molecule has 0 amide bonds. The average molecular weight is 381 g/mol. The second-order valence-corrected chi connectivity index (χ2v) is 7.84. The van der Waals surface area contributed by atoms with Crippen LogP contribution in [0.3, 0.4) is 0 Å². The summed E-state index contributed by atoms with van der Waals surface area (Å²) in [7, 11) is 0. The van der Waals surface area contributed by atoms with Gasteiger partial charge in [-0.2, -0.15) is 0 Å². The molecule has 0 saturated carbocycles. The van der Waals surface area contributed by atoms with Crippen LogP contribution in [0.1, 0.15) is 29.7 Å². The molecular formula is C23H29FN4. The summed E-state index contributed by atoms with van der Waals surface area (Å²) in [6.45, 7) is 7.85. The molecule has 0 bridgehead atoms. The van der Waals surface area contributed by atoms with E-state index in [-0.39, 0.29) is 5.82 Å². The Bertz CT molecular complexity index is 827. The number of benzene rings is 1. The Morgan fingerprint density at radius 1 is 1.18 bits per heavy atom. The van der Waals surface area contributed by atoms with E-state index in [1.54, 1.807) is 13.0 Å². The number of aryl methyl sites for hydroxylation is 1. The van der Waals surface area contributed by atoms with Crippen LogP contribution in [-0.4, -0.2) is 48.6 Å². The molecule has 0 atom stereocenters. The highest BCUT2D eigenvalue weighted by molar-refractivity contribution is 5.67. The van der Waals surface area contributed by atoms with Gasteiger partial charge in [-0.25, -0.2) is 4.39 Å². The second kappa shape index (κ2) is 8.84. The standard InChI is InChI=1S/C23H29FN4/c1-18-6-7-19(16-21(18)24)17-26-20-8-12-27(13-9-20)14-15-28-11-3-4-22-23(28)5-2-10-25-22/h2-7,10,16,20,26H,8-9,11-15,17H2,1H3. The molecule has 28 heavy (non-hydrogen) atoms. The highest BCUT2D eigenvalue weighted by atomic mass is 19.1. The van der Waals surface area contributed by atoms with Gasteiger partial charge in [0.1, 0.15) is 5.82 Å². The van der Waals surface area contributed by atoms with Gasteiger partial charge in [-0.05, 0) is 68.3 Å². The number of piperidine rings is 1. The van der Waals surface area contributed by atoms with Gasteiger partial charge >= 0.3 is 0 Å². The van der Waals surface area contributed by atoms with Crippen molar-refractivity contribution in [1.29, 1.82) is 0 Å². The minimum atomic E-state index is -0.113. The van der Waals surface area contributed by atoms with Crippen LogP contribution in [0.15, 0.2) is 42.6 Å². The molecule has 2 aliphatic rings. The summed E-state index contributed by atoms with van der Waals surface area (Å²) in [4.78, 5) is 9.42. The van der Waals surface area contributed by atoms with Crippen molar-refractivity contribution in [3.63, 3.8) is 0 Å². The molecule has 1 aromatic carbocycles. The summed E-state index contributed by atoms with van der Waals surface area (Å²) in [6.07, 6.45) is 8.45. The summed E-state index contributed by atoms with van der Waals surface area (Å²) < 4.78 is 13.7. The minimum absolute atomic E-state index is 0.113. The number of likely N-dealkylation sites (tertiary alicyclic amines) is 1. The van der Waals surface area contributed by atoms with E-state index in [4.69, 9.17) is 0 Å². The molecule has 148 valence electrons. The topological polar surface area (TPSA) is 31.4 Å². The zero-order valence-electron chi connectivity index (χ0n) is 16.6. The monoisotopic (exact) mass is 380 g/mol. The SMILES string of the molecule is Cc1ccc(CNC2CCN(CCN3CC=Cc4ncccc43)CC2)cc1F. The molecule has 5 heteroatoms. The molecule has 0 unspecified atom stereocenters. The van der Waals surface area contributed by atoms with Gasteiger partial charge < -0.3 is 15.1 Å². The lowest BCUT2D eigenvalue weighted by molar-refractivity contribution is 0.201. The molecule has 2 aromatic rings. The number of anilines is 1. The summed E-state index contributed by atoms with van der Waals surface area (Å²) >= 11 is 0. The fourth-order valence-corrected chi connectivity index (χ4v) is 4.04. The molecule has 4 rings (SSSR count).